The molecule has 1 heterocycles. The van der Waals surface area contributed by atoms with Crippen LogP contribution in [0.25, 0.3) is 0 Å². The highest BCUT2D eigenvalue weighted by Gasteiger charge is 2.36. The summed E-state index contributed by atoms with van der Waals surface area (Å²) in [4.78, 5) is 4.26. The molecule has 0 spiro atoms. The third kappa shape index (κ3) is 3.54. The van der Waals surface area contributed by atoms with Crippen molar-refractivity contribution < 1.29 is 9.84 Å². The highest BCUT2D eigenvalue weighted by atomic mass is 16.5. The highest BCUT2D eigenvalue weighted by molar-refractivity contribution is 4.96. The molecule has 1 unspecified atom stereocenters. The predicted octanol–water partition coefficient (Wildman–Crippen LogP) is 2.36. The van der Waals surface area contributed by atoms with Crippen molar-refractivity contribution in [1.29, 1.82) is 0 Å². The van der Waals surface area contributed by atoms with Gasteiger partial charge in [0, 0.05) is 19.1 Å². The van der Waals surface area contributed by atoms with E-state index < -0.39 is 11.7 Å². The van der Waals surface area contributed by atoms with E-state index in [1.165, 1.54) is 0 Å². The third-order valence-corrected chi connectivity index (χ3v) is 3.75. The lowest BCUT2D eigenvalue weighted by atomic mass is 9.88. The van der Waals surface area contributed by atoms with Crippen LogP contribution in [0.1, 0.15) is 59.3 Å². The molecule has 0 aliphatic rings. The molecule has 0 radical (unpaired) electrons. The summed E-state index contributed by atoms with van der Waals surface area (Å²) in [5, 5.41) is 14.8. The zero-order valence-corrected chi connectivity index (χ0v) is 12.8. The SMILES string of the molecule is CCOC(CC)(CC)C(O)Cc1ncnn1C(C)C. The number of aliphatic hydroxyl groups excluding tert-OH is 1. The summed E-state index contributed by atoms with van der Waals surface area (Å²) >= 11 is 0. The van der Waals surface area contributed by atoms with Crippen LogP contribution in [0.15, 0.2) is 6.33 Å². The van der Waals surface area contributed by atoms with E-state index in [0.29, 0.717) is 13.0 Å². The fourth-order valence-corrected chi connectivity index (χ4v) is 2.52. The maximum Gasteiger partial charge on any atom is 0.138 e. The van der Waals surface area contributed by atoms with Crippen LogP contribution < -0.4 is 0 Å². The Morgan fingerprint density at radius 1 is 1.32 bits per heavy atom. The van der Waals surface area contributed by atoms with Gasteiger partial charge in [0.25, 0.3) is 0 Å². The van der Waals surface area contributed by atoms with E-state index in [0.717, 1.165) is 18.7 Å². The molecular weight excluding hydrogens is 242 g/mol. The Balaban J connectivity index is 2.87. The standard InChI is InChI=1S/C14H27N3O2/c1-6-14(7-2,19-8-3)12(18)9-13-15-10-16-17(13)11(4)5/h10-12,18H,6-9H2,1-5H3. The molecule has 0 fully saturated rings. The fraction of sp³-hybridized carbons (Fsp3) is 0.857. The van der Waals surface area contributed by atoms with Gasteiger partial charge in [-0.2, -0.15) is 5.10 Å². The number of nitrogens with zero attached hydrogens (tertiary/aromatic N) is 3. The van der Waals surface area contributed by atoms with Gasteiger partial charge >= 0.3 is 0 Å². The minimum absolute atomic E-state index is 0.245. The van der Waals surface area contributed by atoms with Gasteiger partial charge in [-0.25, -0.2) is 9.67 Å². The molecule has 0 aromatic carbocycles. The zero-order valence-electron chi connectivity index (χ0n) is 12.8. The lowest BCUT2D eigenvalue weighted by Crippen LogP contribution is -2.45. The first-order valence-corrected chi connectivity index (χ1v) is 7.21. The first kappa shape index (κ1) is 16.1. The second-order valence-electron chi connectivity index (χ2n) is 5.14. The maximum absolute atomic E-state index is 10.6. The van der Waals surface area contributed by atoms with E-state index in [1.807, 2.05) is 11.6 Å². The van der Waals surface area contributed by atoms with Gasteiger partial charge < -0.3 is 9.84 Å². The van der Waals surface area contributed by atoms with Gasteiger partial charge in [0.2, 0.25) is 0 Å². The molecule has 19 heavy (non-hydrogen) atoms. The first-order valence-electron chi connectivity index (χ1n) is 7.21. The molecule has 0 aliphatic carbocycles. The number of rotatable bonds is 8. The molecule has 0 saturated carbocycles. The van der Waals surface area contributed by atoms with Gasteiger partial charge in [-0.15, -0.1) is 0 Å². The van der Waals surface area contributed by atoms with Crippen LogP contribution in [0, 0.1) is 0 Å². The summed E-state index contributed by atoms with van der Waals surface area (Å²) in [6.07, 6.45) is 3.02. The molecule has 0 amide bonds. The van der Waals surface area contributed by atoms with Crippen molar-refractivity contribution in [3.05, 3.63) is 12.2 Å². The minimum atomic E-state index is -0.566. The van der Waals surface area contributed by atoms with Crippen LogP contribution in [-0.2, 0) is 11.2 Å². The second-order valence-corrected chi connectivity index (χ2v) is 5.14. The first-order chi connectivity index (χ1) is 9.00. The van der Waals surface area contributed by atoms with Gasteiger partial charge in [0.1, 0.15) is 12.2 Å². The lowest BCUT2D eigenvalue weighted by molar-refractivity contribution is -0.125. The van der Waals surface area contributed by atoms with Crippen LogP contribution in [0.3, 0.4) is 0 Å². The number of aliphatic hydroxyl groups is 1. The highest BCUT2D eigenvalue weighted by Crippen LogP contribution is 2.27. The molecule has 0 aliphatic heterocycles. The van der Waals surface area contributed by atoms with Crippen molar-refractivity contribution in [1.82, 2.24) is 14.8 Å². The van der Waals surface area contributed by atoms with Crippen molar-refractivity contribution in [3.8, 4) is 0 Å². The summed E-state index contributed by atoms with van der Waals surface area (Å²) in [5.41, 5.74) is -0.484. The molecule has 1 aromatic heterocycles. The number of ether oxygens (including phenoxy) is 1. The van der Waals surface area contributed by atoms with Crippen LogP contribution >= 0.6 is 0 Å². The molecule has 5 heteroatoms. The summed E-state index contributed by atoms with van der Waals surface area (Å²) in [6.45, 7) is 10.8. The smallest absolute Gasteiger partial charge is 0.138 e. The topological polar surface area (TPSA) is 60.2 Å². The van der Waals surface area contributed by atoms with E-state index >= 15 is 0 Å². The maximum atomic E-state index is 10.6. The monoisotopic (exact) mass is 269 g/mol. The van der Waals surface area contributed by atoms with E-state index in [9.17, 15) is 5.11 Å². The Morgan fingerprint density at radius 3 is 2.42 bits per heavy atom. The van der Waals surface area contributed by atoms with Gasteiger partial charge in [-0.05, 0) is 33.6 Å². The minimum Gasteiger partial charge on any atom is -0.390 e. The van der Waals surface area contributed by atoms with Crippen LogP contribution in [0.4, 0.5) is 0 Å². The molecule has 110 valence electrons. The van der Waals surface area contributed by atoms with E-state index in [1.54, 1.807) is 6.33 Å². The molecule has 1 aromatic rings. The second kappa shape index (κ2) is 7.01. The average Bonchev–Trinajstić information content (AvgIpc) is 2.84. The number of aromatic nitrogens is 3. The van der Waals surface area contributed by atoms with Crippen molar-refractivity contribution in [2.45, 2.75) is 71.6 Å². The Labute approximate surface area is 116 Å². The third-order valence-electron chi connectivity index (χ3n) is 3.75. The molecule has 1 atom stereocenters. The number of hydrogen-bond donors (Lipinski definition) is 1. The molecule has 1 rings (SSSR count). The molecule has 1 N–H and O–H groups in total. The van der Waals surface area contributed by atoms with Crippen molar-refractivity contribution >= 4 is 0 Å². The van der Waals surface area contributed by atoms with E-state index in [2.05, 4.69) is 37.8 Å². The molecular formula is C14H27N3O2. The molecule has 0 saturated heterocycles. The van der Waals surface area contributed by atoms with Crippen molar-refractivity contribution in [2.24, 2.45) is 0 Å². The number of hydrogen-bond acceptors (Lipinski definition) is 4. The predicted molar refractivity (Wildman–Crippen MR) is 75.1 cm³/mol. The lowest BCUT2D eigenvalue weighted by Gasteiger charge is -2.36. The normalized spacial score (nSPS) is 14.1. The quantitative estimate of drug-likeness (QED) is 0.787. The average molecular weight is 269 g/mol. The zero-order chi connectivity index (χ0) is 14.5. The Morgan fingerprint density at radius 2 is 1.95 bits per heavy atom. The van der Waals surface area contributed by atoms with Crippen LogP contribution in [0.5, 0.6) is 0 Å². The van der Waals surface area contributed by atoms with E-state index in [4.69, 9.17) is 4.74 Å². The summed E-state index contributed by atoms with van der Waals surface area (Å²) in [6, 6.07) is 0.245. The van der Waals surface area contributed by atoms with Gasteiger partial charge in [0.15, 0.2) is 0 Å². The van der Waals surface area contributed by atoms with Crippen molar-refractivity contribution in [3.63, 3.8) is 0 Å². The summed E-state index contributed by atoms with van der Waals surface area (Å²) in [7, 11) is 0. The largest absolute Gasteiger partial charge is 0.390 e. The van der Waals surface area contributed by atoms with Gasteiger partial charge in [0.05, 0.1) is 11.7 Å². The van der Waals surface area contributed by atoms with Gasteiger partial charge in [-0.3, -0.25) is 0 Å². The van der Waals surface area contributed by atoms with E-state index in [-0.39, 0.29) is 6.04 Å². The Kier molecular flexibility index (Phi) is 5.94. The van der Waals surface area contributed by atoms with Crippen LogP contribution in [0.2, 0.25) is 0 Å². The van der Waals surface area contributed by atoms with Gasteiger partial charge in [-0.1, -0.05) is 13.8 Å². The Hall–Kier alpha value is -0.940. The fourth-order valence-electron chi connectivity index (χ4n) is 2.52. The van der Waals surface area contributed by atoms with Crippen molar-refractivity contribution in [2.75, 3.05) is 6.61 Å². The van der Waals surface area contributed by atoms with Crippen LogP contribution in [-0.4, -0.2) is 38.2 Å². The summed E-state index contributed by atoms with van der Waals surface area (Å²) in [5.74, 6) is 0.813. The summed E-state index contributed by atoms with van der Waals surface area (Å²) < 4.78 is 7.68. The molecule has 5 nitrogen and oxygen atoms in total. The molecule has 0 bridgehead atoms. The Bertz CT molecular complexity index is 373.